The molecule has 22 heavy (non-hydrogen) atoms. The number of carbonyl (C=O) groups is 1. The summed E-state index contributed by atoms with van der Waals surface area (Å²) >= 11 is 0. The van der Waals surface area contributed by atoms with Crippen molar-refractivity contribution in [2.45, 2.75) is 13.0 Å². The van der Waals surface area contributed by atoms with Crippen LogP contribution in [0.1, 0.15) is 28.9 Å². The average Bonchev–Trinajstić information content (AvgIpc) is 2.54. The number of rotatable bonds is 3. The van der Waals surface area contributed by atoms with Crippen LogP contribution in [0.2, 0.25) is 0 Å². The number of amides is 1. The van der Waals surface area contributed by atoms with Gasteiger partial charge in [-0.05, 0) is 47.5 Å². The fourth-order valence-corrected chi connectivity index (χ4v) is 2.59. The van der Waals surface area contributed by atoms with Gasteiger partial charge in [0.1, 0.15) is 5.82 Å². The second-order valence-corrected chi connectivity index (χ2v) is 5.27. The Morgan fingerprint density at radius 3 is 2.41 bits per heavy atom. The molecule has 1 unspecified atom stereocenters. The van der Waals surface area contributed by atoms with Gasteiger partial charge in [0.2, 0.25) is 0 Å². The van der Waals surface area contributed by atoms with E-state index in [9.17, 15) is 9.18 Å². The molecule has 3 rings (SSSR count). The van der Waals surface area contributed by atoms with E-state index in [1.807, 2.05) is 49.4 Å². The zero-order valence-electron chi connectivity index (χ0n) is 12.2. The van der Waals surface area contributed by atoms with E-state index in [2.05, 4.69) is 5.32 Å². The first-order valence-electron chi connectivity index (χ1n) is 7.19. The molecule has 3 heteroatoms. The Bertz CT molecular complexity index is 806. The van der Waals surface area contributed by atoms with Gasteiger partial charge in [-0.25, -0.2) is 4.39 Å². The van der Waals surface area contributed by atoms with Crippen LogP contribution in [0, 0.1) is 5.82 Å². The fraction of sp³-hybridized carbons (Fsp3) is 0.105. The number of carbonyl (C=O) groups excluding carboxylic acids is 1. The summed E-state index contributed by atoms with van der Waals surface area (Å²) in [6.45, 7) is 1.95. The van der Waals surface area contributed by atoms with E-state index >= 15 is 0 Å². The smallest absolute Gasteiger partial charge is 0.251 e. The minimum Gasteiger partial charge on any atom is -0.345 e. The highest BCUT2D eigenvalue weighted by molar-refractivity contribution is 5.95. The van der Waals surface area contributed by atoms with Crippen molar-refractivity contribution < 1.29 is 9.18 Å². The van der Waals surface area contributed by atoms with Gasteiger partial charge in [-0.15, -0.1) is 0 Å². The molecule has 0 aromatic heterocycles. The zero-order chi connectivity index (χ0) is 15.5. The lowest BCUT2D eigenvalue weighted by Crippen LogP contribution is -2.26. The van der Waals surface area contributed by atoms with E-state index in [1.54, 1.807) is 0 Å². The molecule has 0 radical (unpaired) electrons. The third-order valence-electron chi connectivity index (χ3n) is 3.74. The van der Waals surface area contributed by atoms with Crippen LogP contribution in [0.25, 0.3) is 10.8 Å². The van der Waals surface area contributed by atoms with Gasteiger partial charge < -0.3 is 5.32 Å². The molecule has 1 atom stereocenters. The van der Waals surface area contributed by atoms with Crippen molar-refractivity contribution in [3.8, 4) is 0 Å². The lowest BCUT2D eigenvalue weighted by Gasteiger charge is -2.16. The summed E-state index contributed by atoms with van der Waals surface area (Å²) in [4.78, 5) is 12.2. The largest absolute Gasteiger partial charge is 0.345 e. The molecule has 0 aliphatic rings. The van der Waals surface area contributed by atoms with Crippen molar-refractivity contribution in [3.05, 3.63) is 83.7 Å². The van der Waals surface area contributed by atoms with Gasteiger partial charge in [-0.2, -0.15) is 0 Å². The summed E-state index contributed by atoms with van der Waals surface area (Å²) in [6.07, 6.45) is 0. The predicted molar refractivity (Wildman–Crippen MR) is 86.2 cm³/mol. The van der Waals surface area contributed by atoms with Crippen LogP contribution < -0.4 is 5.32 Å². The molecule has 0 aliphatic heterocycles. The second kappa shape index (κ2) is 5.98. The Kier molecular flexibility index (Phi) is 3.88. The molecule has 0 saturated carbocycles. The van der Waals surface area contributed by atoms with Crippen molar-refractivity contribution in [1.82, 2.24) is 5.32 Å². The van der Waals surface area contributed by atoms with Gasteiger partial charge in [0.05, 0.1) is 6.04 Å². The van der Waals surface area contributed by atoms with Crippen LogP contribution >= 0.6 is 0 Å². The highest BCUT2D eigenvalue weighted by atomic mass is 19.1. The highest BCUT2D eigenvalue weighted by Gasteiger charge is 2.13. The molecule has 1 amide bonds. The first kappa shape index (κ1) is 14.3. The van der Waals surface area contributed by atoms with Crippen LogP contribution in [0.4, 0.5) is 4.39 Å². The van der Waals surface area contributed by atoms with Crippen LogP contribution in [0.15, 0.2) is 66.7 Å². The Morgan fingerprint density at radius 1 is 0.955 bits per heavy atom. The predicted octanol–water partition coefficient (Wildman–Crippen LogP) is 4.47. The Morgan fingerprint density at radius 2 is 1.64 bits per heavy atom. The monoisotopic (exact) mass is 293 g/mol. The summed E-state index contributed by atoms with van der Waals surface area (Å²) in [6, 6.07) is 19.5. The minimum absolute atomic E-state index is 0.136. The molecule has 0 heterocycles. The van der Waals surface area contributed by atoms with Crippen molar-refractivity contribution in [2.75, 3.05) is 0 Å². The van der Waals surface area contributed by atoms with E-state index in [4.69, 9.17) is 0 Å². The lowest BCUT2D eigenvalue weighted by molar-refractivity contribution is 0.0940. The van der Waals surface area contributed by atoms with Gasteiger partial charge in [-0.1, -0.05) is 42.5 Å². The maximum Gasteiger partial charge on any atom is 0.251 e. The SMILES string of the molecule is CC(NC(=O)c1ccc(F)cc1)c1cccc2ccccc12. The molecule has 110 valence electrons. The lowest BCUT2D eigenvalue weighted by atomic mass is 9.99. The molecular formula is C19H16FNO. The number of halogens is 1. The van der Waals surface area contributed by atoms with E-state index in [-0.39, 0.29) is 17.8 Å². The molecular weight excluding hydrogens is 277 g/mol. The van der Waals surface area contributed by atoms with Crippen molar-refractivity contribution in [1.29, 1.82) is 0 Å². The number of hydrogen-bond donors (Lipinski definition) is 1. The Labute approximate surface area is 128 Å². The van der Waals surface area contributed by atoms with Crippen molar-refractivity contribution in [3.63, 3.8) is 0 Å². The molecule has 1 N–H and O–H groups in total. The number of nitrogens with one attached hydrogen (secondary N) is 1. The first-order chi connectivity index (χ1) is 10.6. The summed E-state index contributed by atoms with van der Waals surface area (Å²) in [5.74, 6) is -0.556. The number of fused-ring (bicyclic) bond motifs is 1. The summed E-state index contributed by atoms with van der Waals surface area (Å²) < 4.78 is 12.9. The molecule has 0 bridgehead atoms. The van der Waals surface area contributed by atoms with Gasteiger partial charge >= 0.3 is 0 Å². The molecule has 0 saturated heterocycles. The normalized spacial score (nSPS) is 12.1. The number of benzene rings is 3. The molecule has 0 aliphatic carbocycles. The maximum atomic E-state index is 12.9. The van der Waals surface area contributed by atoms with Crippen LogP contribution in [0.3, 0.4) is 0 Å². The van der Waals surface area contributed by atoms with Crippen LogP contribution in [-0.2, 0) is 0 Å². The Balaban J connectivity index is 1.85. The molecule has 3 aromatic rings. The zero-order valence-corrected chi connectivity index (χ0v) is 12.2. The summed E-state index contributed by atoms with van der Waals surface area (Å²) in [5, 5.41) is 5.23. The van der Waals surface area contributed by atoms with Crippen LogP contribution in [-0.4, -0.2) is 5.91 Å². The van der Waals surface area contributed by atoms with E-state index < -0.39 is 0 Å². The average molecular weight is 293 g/mol. The molecule has 3 aromatic carbocycles. The maximum absolute atomic E-state index is 12.9. The van der Waals surface area contributed by atoms with E-state index in [1.165, 1.54) is 24.3 Å². The molecule has 2 nitrogen and oxygen atoms in total. The quantitative estimate of drug-likeness (QED) is 0.758. The Hall–Kier alpha value is -2.68. The highest BCUT2D eigenvalue weighted by Crippen LogP contribution is 2.24. The van der Waals surface area contributed by atoms with E-state index in [0.717, 1.165) is 16.3 Å². The van der Waals surface area contributed by atoms with Gasteiger partial charge in [0.15, 0.2) is 0 Å². The third kappa shape index (κ3) is 2.84. The molecule has 0 spiro atoms. The fourth-order valence-electron chi connectivity index (χ4n) is 2.59. The minimum atomic E-state index is -0.348. The molecule has 0 fully saturated rings. The standard InChI is InChI=1S/C19H16FNO/c1-13(21-19(22)15-9-11-16(20)12-10-15)17-8-4-6-14-5-2-3-7-18(14)17/h2-13H,1H3,(H,21,22). The van der Waals surface area contributed by atoms with Crippen LogP contribution in [0.5, 0.6) is 0 Å². The van der Waals surface area contributed by atoms with Gasteiger partial charge in [0, 0.05) is 5.56 Å². The topological polar surface area (TPSA) is 29.1 Å². The van der Waals surface area contributed by atoms with E-state index in [0.29, 0.717) is 5.56 Å². The summed E-state index contributed by atoms with van der Waals surface area (Å²) in [5.41, 5.74) is 1.52. The van der Waals surface area contributed by atoms with Gasteiger partial charge in [0.25, 0.3) is 5.91 Å². The second-order valence-electron chi connectivity index (χ2n) is 5.27. The van der Waals surface area contributed by atoms with Crippen molar-refractivity contribution >= 4 is 16.7 Å². The first-order valence-corrected chi connectivity index (χ1v) is 7.19. The summed E-state index contributed by atoms with van der Waals surface area (Å²) in [7, 11) is 0. The van der Waals surface area contributed by atoms with Crippen molar-refractivity contribution in [2.24, 2.45) is 0 Å². The number of hydrogen-bond acceptors (Lipinski definition) is 1. The van der Waals surface area contributed by atoms with Gasteiger partial charge in [-0.3, -0.25) is 4.79 Å². The third-order valence-corrected chi connectivity index (χ3v) is 3.74.